The van der Waals surface area contributed by atoms with Gasteiger partial charge in [0.1, 0.15) is 6.10 Å². The Balaban J connectivity index is 2.23. The minimum Gasteiger partial charge on any atom is -0.462 e. The van der Waals surface area contributed by atoms with E-state index in [-0.39, 0.29) is 24.6 Å². The Morgan fingerprint density at radius 1 is 1.29 bits per heavy atom. The molecule has 0 aromatic heterocycles. The van der Waals surface area contributed by atoms with Crippen LogP contribution in [0.1, 0.15) is 66.7 Å². The SMILES string of the molecule is C/C=C/C1CC2CCC(C)C(CO)[C@H]2C(OC(=O)C(C)(C)CC)C1. The molecule has 0 aromatic rings. The fraction of sp³-hybridized carbons (Fsp3) is 0.857. The standard InChI is InChI=1S/C21H36O3/c1-6-8-15-11-16-10-9-14(3)17(13-22)19(16)18(12-15)24-20(23)21(4,5)7-2/h6,8,14-19,22H,7,9-13H2,1-5H3/b8-6+/t14?,15?,16?,17?,18?,19-/m0/s1. The van der Waals surface area contributed by atoms with Crippen LogP contribution in [-0.4, -0.2) is 23.8 Å². The first-order chi connectivity index (χ1) is 11.3. The molecule has 0 amide bonds. The lowest BCUT2D eigenvalue weighted by Gasteiger charge is -2.49. The number of ether oxygens (including phenoxy) is 1. The van der Waals surface area contributed by atoms with Gasteiger partial charge in [-0.1, -0.05) is 32.4 Å². The smallest absolute Gasteiger partial charge is 0.311 e. The summed E-state index contributed by atoms with van der Waals surface area (Å²) in [6, 6.07) is 0. The first-order valence-electron chi connectivity index (χ1n) is 9.78. The number of carbonyl (C=O) groups is 1. The lowest BCUT2D eigenvalue weighted by molar-refractivity contribution is -0.173. The van der Waals surface area contributed by atoms with Crippen molar-refractivity contribution in [2.45, 2.75) is 72.8 Å². The minimum absolute atomic E-state index is 0.0526. The van der Waals surface area contributed by atoms with Crippen LogP contribution in [0.3, 0.4) is 0 Å². The third-order valence-corrected chi connectivity index (χ3v) is 6.70. The lowest BCUT2D eigenvalue weighted by atomic mass is 9.59. The number of rotatable bonds is 5. The van der Waals surface area contributed by atoms with E-state index >= 15 is 0 Å². The van der Waals surface area contributed by atoms with Crippen molar-refractivity contribution in [3.63, 3.8) is 0 Å². The number of hydrogen-bond acceptors (Lipinski definition) is 3. The van der Waals surface area contributed by atoms with Crippen molar-refractivity contribution >= 4 is 5.97 Å². The van der Waals surface area contributed by atoms with E-state index in [9.17, 15) is 9.90 Å². The molecular weight excluding hydrogens is 300 g/mol. The molecule has 3 nitrogen and oxygen atoms in total. The summed E-state index contributed by atoms with van der Waals surface area (Å²) in [5.41, 5.74) is -0.433. The first-order valence-corrected chi connectivity index (χ1v) is 9.78. The fourth-order valence-corrected chi connectivity index (χ4v) is 4.71. The van der Waals surface area contributed by atoms with Gasteiger partial charge in [-0.15, -0.1) is 0 Å². The highest BCUT2D eigenvalue weighted by Crippen LogP contribution is 2.49. The monoisotopic (exact) mass is 336 g/mol. The van der Waals surface area contributed by atoms with Gasteiger partial charge in [0.25, 0.3) is 0 Å². The summed E-state index contributed by atoms with van der Waals surface area (Å²) in [5.74, 6) is 2.07. The van der Waals surface area contributed by atoms with Gasteiger partial charge < -0.3 is 9.84 Å². The molecule has 0 saturated heterocycles. The van der Waals surface area contributed by atoms with Gasteiger partial charge in [0.15, 0.2) is 0 Å². The highest BCUT2D eigenvalue weighted by molar-refractivity contribution is 5.76. The molecule has 138 valence electrons. The second kappa shape index (κ2) is 8.03. The molecule has 2 rings (SSSR count). The van der Waals surface area contributed by atoms with E-state index in [1.165, 1.54) is 19.3 Å². The molecule has 0 radical (unpaired) electrons. The van der Waals surface area contributed by atoms with Gasteiger partial charge in [-0.25, -0.2) is 0 Å². The summed E-state index contributed by atoms with van der Waals surface area (Å²) in [5, 5.41) is 9.97. The van der Waals surface area contributed by atoms with Crippen LogP contribution in [0.5, 0.6) is 0 Å². The summed E-state index contributed by atoms with van der Waals surface area (Å²) in [6.07, 6.45) is 9.57. The van der Waals surface area contributed by atoms with Crippen LogP contribution in [0, 0.1) is 35.0 Å². The molecule has 6 atom stereocenters. The fourth-order valence-electron chi connectivity index (χ4n) is 4.71. The Bertz CT molecular complexity index is 454. The maximum atomic E-state index is 12.7. The van der Waals surface area contributed by atoms with Crippen molar-refractivity contribution in [2.24, 2.45) is 35.0 Å². The highest BCUT2D eigenvalue weighted by atomic mass is 16.5. The number of hydrogen-bond donors (Lipinski definition) is 1. The Hall–Kier alpha value is -0.830. The largest absolute Gasteiger partial charge is 0.462 e. The minimum atomic E-state index is -0.433. The second-order valence-corrected chi connectivity index (χ2v) is 8.68. The van der Waals surface area contributed by atoms with E-state index in [0.717, 1.165) is 12.8 Å². The summed E-state index contributed by atoms with van der Waals surface area (Å²) in [4.78, 5) is 12.7. The Labute approximate surface area is 147 Å². The van der Waals surface area contributed by atoms with Gasteiger partial charge in [0.2, 0.25) is 0 Å². The van der Waals surface area contributed by atoms with Crippen molar-refractivity contribution < 1.29 is 14.6 Å². The molecule has 2 aliphatic rings. The average molecular weight is 337 g/mol. The van der Waals surface area contributed by atoms with Crippen molar-refractivity contribution in [3.8, 4) is 0 Å². The third-order valence-electron chi connectivity index (χ3n) is 6.70. The molecule has 0 bridgehead atoms. The molecular formula is C21H36O3. The van der Waals surface area contributed by atoms with E-state index in [1.807, 2.05) is 20.8 Å². The highest BCUT2D eigenvalue weighted by Gasteiger charge is 2.47. The molecule has 0 aliphatic heterocycles. The van der Waals surface area contributed by atoms with E-state index in [1.54, 1.807) is 0 Å². The van der Waals surface area contributed by atoms with Gasteiger partial charge in [0.05, 0.1) is 5.41 Å². The number of esters is 1. The summed E-state index contributed by atoms with van der Waals surface area (Å²) in [7, 11) is 0. The van der Waals surface area contributed by atoms with Crippen LogP contribution in [-0.2, 0) is 9.53 Å². The molecule has 0 spiro atoms. The van der Waals surface area contributed by atoms with E-state index in [2.05, 4.69) is 26.0 Å². The molecule has 0 aromatic carbocycles. The van der Waals surface area contributed by atoms with Crippen LogP contribution in [0.25, 0.3) is 0 Å². The Morgan fingerprint density at radius 3 is 2.58 bits per heavy atom. The zero-order chi connectivity index (χ0) is 17.9. The van der Waals surface area contributed by atoms with Crippen LogP contribution in [0.2, 0.25) is 0 Å². The van der Waals surface area contributed by atoms with Crippen molar-refractivity contribution in [2.75, 3.05) is 6.61 Å². The van der Waals surface area contributed by atoms with Gasteiger partial charge in [-0.05, 0) is 70.1 Å². The van der Waals surface area contributed by atoms with Crippen LogP contribution < -0.4 is 0 Å². The normalized spacial score (nSPS) is 37.2. The van der Waals surface area contributed by atoms with Gasteiger partial charge >= 0.3 is 5.97 Å². The van der Waals surface area contributed by atoms with Gasteiger partial charge in [-0.3, -0.25) is 4.79 Å². The summed E-state index contributed by atoms with van der Waals surface area (Å²) < 4.78 is 6.09. The number of allylic oxidation sites excluding steroid dienone is 2. The number of aliphatic hydroxyl groups is 1. The second-order valence-electron chi connectivity index (χ2n) is 8.68. The van der Waals surface area contributed by atoms with E-state index < -0.39 is 5.41 Å². The summed E-state index contributed by atoms with van der Waals surface area (Å²) in [6.45, 7) is 10.5. The molecule has 1 N–H and O–H groups in total. The lowest BCUT2D eigenvalue weighted by Crippen LogP contribution is -2.49. The molecule has 2 aliphatic carbocycles. The zero-order valence-corrected chi connectivity index (χ0v) is 16.1. The predicted octanol–water partition coefficient (Wildman–Crippen LogP) is 4.59. The van der Waals surface area contributed by atoms with Gasteiger partial charge in [0, 0.05) is 12.5 Å². The topological polar surface area (TPSA) is 46.5 Å². The Kier molecular flexibility index (Phi) is 6.52. The molecule has 24 heavy (non-hydrogen) atoms. The maximum Gasteiger partial charge on any atom is 0.311 e. The van der Waals surface area contributed by atoms with Crippen molar-refractivity contribution in [1.29, 1.82) is 0 Å². The van der Waals surface area contributed by atoms with Crippen LogP contribution in [0.15, 0.2) is 12.2 Å². The molecule has 3 heteroatoms. The molecule has 2 fully saturated rings. The molecule has 2 saturated carbocycles. The quantitative estimate of drug-likeness (QED) is 0.590. The molecule has 0 heterocycles. The zero-order valence-electron chi connectivity index (χ0n) is 16.1. The number of fused-ring (bicyclic) bond motifs is 1. The number of aliphatic hydroxyl groups excluding tert-OH is 1. The first kappa shape index (κ1) is 19.5. The van der Waals surface area contributed by atoms with E-state index in [4.69, 9.17) is 4.74 Å². The Morgan fingerprint density at radius 2 is 2.00 bits per heavy atom. The maximum absolute atomic E-state index is 12.7. The third kappa shape index (κ3) is 4.04. The van der Waals surface area contributed by atoms with Crippen molar-refractivity contribution in [1.82, 2.24) is 0 Å². The predicted molar refractivity (Wildman–Crippen MR) is 97.4 cm³/mol. The van der Waals surface area contributed by atoms with Crippen LogP contribution in [0.4, 0.5) is 0 Å². The van der Waals surface area contributed by atoms with Gasteiger partial charge in [-0.2, -0.15) is 0 Å². The van der Waals surface area contributed by atoms with E-state index in [0.29, 0.717) is 23.7 Å². The number of carbonyl (C=O) groups excluding carboxylic acids is 1. The van der Waals surface area contributed by atoms with Crippen molar-refractivity contribution in [3.05, 3.63) is 12.2 Å². The molecule has 5 unspecified atom stereocenters. The average Bonchev–Trinajstić information content (AvgIpc) is 2.55. The van der Waals surface area contributed by atoms with Crippen LogP contribution >= 0.6 is 0 Å². The summed E-state index contributed by atoms with van der Waals surface area (Å²) >= 11 is 0.